The Morgan fingerprint density at radius 3 is 2.33 bits per heavy atom. The maximum absolute atomic E-state index is 12.5. The summed E-state index contributed by atoms with van der Waals surface area (Å²) in [6.45, 7) is 13.1. The number of ether oxygens (including phenoxy) is 1. The molecule has 0 saturated carbocycles. The molecule has 2 rings (SSSR count). The second-order valence-electron chi connectivity index (χ2n) is 7.77. The average molecular weight is 392 g/mol. The molecule has 0 radical (unpaired) electrons. The lowest BCUT2D eigenvalue weighted by atomic mass is 10.1. The number of rotatable bonds is 7. The summed E-state index contributed by atoms with van der Waals surface area (Å²) in [7, 11) is 0. The van der Waals surface area contributed by atoms with Crippen LogP contribution in [0.5, 0.6) is 0 Å². The van der Waals surface area contributed by atoms with Crippen molar-refractivity contribution in [2.24, 2.45) is 11.8 Å². The number of nitrogens with zero attached hydrogens (tertiary/aromatic N) is 2. The van der Waals surface area contributed by atoms with Crippen molar-refractivity contribution in [3.63, 3.8) is 0 Å². The molecule has 0 bridgehead atoms. The van der Waals surface area contributed by atoms with Crippen molar-refractivity contribution < 1.29 is 14.3 Å². The number of carbonyl (C=O) groups excluding carboxylic acids is 2. The van der Waals surface area contributed by atoms with Crippen LogP contribution < -0.4 is 5.73 Å². The predicted octanol–water partition coefficient (Wildman–Crippen LogP) is 3.79. The van der Waals surface area contributed by atoms with E-state index in [1.54, 1.807) is 4.90 Å². The zero-order chi connectivity index (χ0) is 20.3. The number of anilines is 1. The monoisotopic (exact) mass is 391 g/mol. The van der Waals surface area contributed by atoms with Crippen LogP contribution in [-0.2, 0) is 9.53 Å². The maximum atomic E-state index is 12.5. The molecule has 0 aliphatic rings. The molecule has 0 saturated heterocycles. The molecule has 0 aromatic carbocycles. The number of amides is 1. The van der Waals surface area contributed by atoms with E-state index < -0.39 is 5.97 Å². The Morgan fingerprint density at radius 1 is 1.19 bits per heavy atom. The summed E-state index contributed by atoms with van der Waals surface area (Å²) in [4.78, 5) is 32.2. The summed E-state index contributed by atoms with van der Waals surface area (Å²) in [5.74, 6) is -0.0663. The number of aromatic nitrogens is 1. The van der Waals surface area contributed by atoms with Crippen molar-refractivity contribution in [2.45, 2.75) is 41.5 Å². The van der Waals surface area contributed by atoms with Crippen LogP contribution in [0.15, 0.2) is 6.07 Å². The lowest BCUT2D eigenvalue weighted by Gasteiger charge is -2.26. The van der Waals surface area contributed by atoms with E-state index in [1.165, 1.54) is 11.3 Å². The smallest absolute Gasteiger partial charge is 0.351 e. The summed E-state index contributed by atoms with van der Waals surface area (Å²) < 4.78 is 5.29. The quantitative estimate of drug-likeness (QED) is 0.726. The Kier molecular flexibility index (Phi) is 6.81. The first-order chi connectivity index (χ1) is 12.6. The Hall–Kier alpha value is -2.15. The van der Waals surface area contributed by atoms with Gasteiger partial charge in [-0.2, -0.15) is 0 Å². The SMILES string of the molecule is Cc1cc(C)c2c(N)c(C(=O)OCC(=O)N(CC(C)C)CC(C)C)sc2n1. The predicted molar refractivity (Wildman–Crippen MR) is 110 cm³/mol. The molecule has 0 unspecified atom stereocenters. The van der Waals surface area contributed by atoms with Crippen molar-refractivity contribution in [3.8, 4) is 0 Å². The van der Waals surface area contributed by atoms with E-state index in [2.05, 4.69) is 32.7 Å². The Labute approximate surface area is 164 Å². The summed E-state index contributed by atoms with van der Waals surface area (Å²) in [5.41, 5.74) is 8.38. The molecular formula is C20H29N3O3S. The van der Waals surface area contributed by atoms with Gasteiger partial charge in [-0.15, -0.1) is 11.3 Å². The Bertz CT molecular complexity index is 833. The number of nitrogens with two attached hydrogens (primary N) is 1. The second-order valence-corrected chi connectivity index (χ2v) is 8.77. The number of nitrogen functional groups attached to an aromatic ring is 1. The molecule has 0 aliphatic heterocycles. The van der Waals surface area contributed by atoms with Crippen LogP contribution >= 0.6 is 11.3 Å². The molecule has 0 spiro atoms. The van der Waals surface area contributed by atoms with Crippen LogP contribution in [0.4, 0.5) is 5.69 Å². The van der Waals surface area contributed by atoms with Crippen molar-refractivity contribution in [3.05, 3.63) is 22.2 Å². The lowest BCUT2D eigenvalue weighted by Crippen LogP contribution is -2.39. The number of pyridine rings is 1. The fraction of sp³-hybridized carbons (Fsp3) is 0.550. The van der Waals surface area contributed by atoms with Crippen molar-refractivity contribution in [2.75, 3.05) is 25.4 Å². The Morgan fingerprint density at radius 2 is 1.78 bits per heavy atom. The highest BCUT2D eigenvalue weighted by Crippen LogP contribution is 2.35. The first-order valence-electron chi connectivity index (χ1n) is 9.21. The minimum absolute atomic E-state index is 0.185. The van der Waals surface area contributed by atoms with E-state index in [4.69, 9.17) is 10.5 Å². The largest absolute Gasteiger partial charge is 0.451 e. The second kappa shape index (κ2) is 8.69. The molecule has 0 aliphatic carbocycles. The van der Waals surface area contributed by atoms with Crippen molar-refractivity contribution >= 4 is 39.1 Å². The van der Waals surface area contributed by atoms with Gasteiger partial charge in [-0.3, -0.25) is 4.79 Å². The van der Waals surface area contributed by atoms with Crippen LogP contribution in [0.2, 0.25) is 0 Å². The number of fused-ring (bicyclic) bond motifs is 1. The molecule has 0 fully saturated rings. The van der Waals surface area contributed by atoms with Crippen LogP contribution in [0.3, 0.4) is 0 Å². The topological polar surface area (TPSA) is 85.5 Å². The minimum Gasteiger partial charge on any atom is -0.451 e. The van der Waals surface area contributed by atoms with Crippen molar-refractivity contribution in [1.29, 1.82) is 0 Å². The number of aryl methyl sites for hydroxylation is 2. The molecule has 2 aromatic rings. The van der Waals surface area contributed by atoms with Crippen LogP contribution in [0.25, 0.3) is 10.2 Å². The van der Waals surface area contributed by atoms with E-state index in [1.807, 2.05) is 19.9 Å². The van der Waals surface area contributed by atoms with E-state index in [0.717, 1.165) is 16.6 Å². The lowest BCUT2D eigenvalue weighted by molar-refractivity contribution is -0.135. The summed E-state index contributed by atoms with van der Waals surface area (Å²) in [6, 6.07) is 1.93. The van der Waals surface area contributed by atoms with Crippen LogP contribution in [0, 0.1) is 25.7 Å². The van der Waals surface area contributed by atoms with Gasteiger partial charge in [-0.05, 0) is 37.3 Å². The Balaban J connectivity index is 2.13. The number of hydrogen-bond acceptors (Lipinski definition) is 6. The zero-order valence-electron chi connectivity index (χ0n) is 17.0. The van der Waals surface area contributed by atoms with Gasteiger partial charge < -0.3 is 15.4 Å². The van der Waals surface area contributed by atoms with Gasteiger partial charge in [0.2, 0.25) is 0 Å². The number of thiophene rings is 1. The third-order valence-corrected chi connectivity index (χ3v) is 5.14. The molecular weight excluding hydrogens is 362 g/mol. The average Bonchev–Trinajstić information content (AvgIpc) is 2.87. The third kappa shape index (κ3) is 5.19. The van der Waals surface area contributed by atoms with Crippen LogP contribution in [0.1, 0.15) is 48.6 Å². The number of carbonyl (C=O) groups is 2. The fourth-order valence-corrected chi connectivity index (χ4v) is 4.17. The summed E-state index contributed by atoms with van der Waals surface area (Å²) in [6.07, 6.45) is 0. The highest BCUT2D eigenvalue weighted by atomic mass is 32.1. The van der Waals surface area contributed by atoms with E-state index in [-0.39, 0.29) is 12.5 Å². The number of esters is 1. The van der Waals surface area contributed by atoms with Gasteiger partial charge in [0.05, 0.1) is 5.69 Å². The van der Waals surface area contributed by atoms with Gasteiger partial charge in [0.25, 0.3) is 5.91 Å². The molecule has 2 aromatic heterocycles. The molecule has 2 heterocycles. The molecule has 2 N–H and O–H groups in total. The first kappa shape index (κ1) is 21.2. The summed E-state index contributed by atoms with van der Waals surface area (Å²) >= 11 is 1.21. The van der Waals surface area contributed by atoms with Crippen molar-refractivity contribution in [1.82, 2.24) is 9.88 Å². The fourth-order valence-electron chi connectivity index (χ4n) is 3.06. The zero-order valence-corrected chi connectivity index (χ0v) is 17.8. The van der Waals surface area contributed by atoms with Crippen LogP contribution in [-0.4, -0.2) is 41.5 Å². The molecule has 7 heteroatoms. The van der Waals surface area contributed by atoms with Gasteiger partial charge in [-0.1, -0.05) is 27.7 Å². The van der Waals surface area contributed by atoms with Gasteiger partial charge in [-0.25, -0.2) is 9.78 Å². The standard InChI is InChI=1S/C20H29N3O3S/c1-11(2)8-23(9-12(3)4)15(24)10-26-20(25)18-17(21)16-13(5)7-14(6)22-19(16)27-18/h7,11-12H,8-10,21H2,1-6H3. The molecule has 0 atom stereocenters. The minimum atomic E-state index is -0.574. The normalized spacial score (nSPS) is 11.4. The van der Waals surface area contributed by atoms with E-state index in [0.29, 0.717) is 40.3 Å². The first-order valence-corrected chi connectivity index (χ1v) is 10.0. The maximum Gasteiger partial charge on any atom is 0.351 e. The van der Waals surface area contributed by atoms with E-state index >= 15 is 0 Å². The van der Waals surface area contributed by atoms with Gasteiger partial charge in [0.15, 0.2) is 6.61 Å². The van der Waals surface area contributed by atoms with Gasteiger partial charge in [0, 0.05) is 24.2 Å². The molecule has 6 nitrogen and oxygen atoms in total. The molecule has 27 heavy (non-hydrogen) atoms. The third-order valence-electron chi connectivity index (χ3n) is 4.06. The van der Waals surface area contributed by atoms with Gasteiger partial charge in [0.1, 0.15) is 9.71 Å². The highest BCUT2D eigenvalue weighted by molar-refractivity contribution is 7.21. The summed E-state index contributed by atoms with van der Waals surface area (Å²) in [5, 5.41) is 0.783. The molecule has 148 valence electrons. The molecule has 1 amide bonds. The van der Waals surface area contributed by atoms with Gasteiger partial charge >= 0.3 is 5.97 Å². The highest BCUT2D eigenvalue weighted by Gasteiger charge is 2.23. The van der Waals surface area contributed by atoms with E-state index in [9.17, 15) is 9.59 Å². The number of hydrogen-bond donors (Lipinski definition) is 1.